The molecule has 1 heterocycles. The molecule has 0 atom stereocenters. The molecule has 0 spiro atoms. The van der Waals surface area contributed by atoms with Gasteiger partial charge >= 0.3 is 6.09 Å². The molecule has 0 aliphatic carbocycles. The monoisotopic (exact) mass is 396 g/mol. The highest BCUT2D eigenvalue weighted by Crippen LogP contribution is 2.42. The zero-order valence-electron chi connectivity index (χ0n) is 14.1. The molecule has 1 aromatic rings. The summed E-state index contributed by atoms with van der Waals surface area (Å²) < 4.78 is 20.1. The van der Waals surface area contributed by atoms with Gasteiger partial charge in [0.25, 0.3) is 0 Å². The summed E-state index contributed by atoms with van der Waals surface area (Å²) in [4.78, 5) is 24.9. The average molecular weight is 397 g/mol. The summed E-state index contributed by atoms with van der Waals surface area (Å²) in [5, 5.41) is 2.40. The van der Waals surface area contributed by atoms with Crippen LogP contribution in [0.25, 0.3) is 5.57 Å². The van der Waals surface area contributed by atoms with Crippen LogP contribution in [0.15, 0.2) is 22.3 Å². The summed E-state index contributed by atoms with van der Waals surface area (Å²) >= 11 is 3.33. The number of benzene rings is 1. The molecule has 0 saturated heterocycles. The summed E-state index contributed by atoms with van der Waals surface area (Å²) in [5.41, 5.74) is 1.28. The lowest BCUT2D eigenvalue weighted by molar-refractivity contribution is 0.0635. The second-order valence-corrected chi connectivity index (χ2v) is 7.20. The van der Waals surface area contributed by atoms with Gasteiger partial charge in [0.05, 0.1) is 21.4 Å². The Morgan fingerprint density at radius 2 is 2.00 bits per heavy atom. The highest BCUT2D eigenvalue weighted by atomic mass is 79.9. The van der Waals surface area contributed by atoms with E-state index in [1.165, 1.54) is 12.1 Å². The minimum atomic E-state index is -0.751. The van der Waals surface area contributed by atoms with Gasteiger partial charge in [-0.05, 0) is 55.8 Å². The fourth-order valence-electron chi connectivity index (χ4n) is 2.28. The Morgan fingerprint density at radius 3 is 2.54 bits per heavy atom. The molecule has 1 aliphatic heterocycles. The number of carbonyl (C=O) groups excluding carboxylic acids is 2. The van der Waals surface area contributed by atoms with Crippen LogP contribution in [0.3, 0.4) is 0 Å². The molecule has 0 aromatic heterocycles. The molecule has 7 heteroatoms. The first-order chi connectivity index (χ1) is 11.0. The van der Waals surface area contributed by atoms with Gasteiger partial charge < -0.3 is 9.64 Å². The van der Waals surface area contributed by atoms with Crippen molar-refractivity contribution in [2.24, 2.45) is 0 Å². The SMILES string of the molecule is CC1=C(Br)C(=C=O)c2cc(F)c(NC(=O)OC(C)(C)C)cc2N1C. The van der Waals surface area contributed by atoms with Gasteiger partial charge in [-0.1, -0.05) is 0 Å². The van der Waals surface area contributed by atoms with E-state index in [0.29, 0.717) is 15.7 Å². The van der Waals surface area contributed by atoms with Crippen LogP contribution in [-0.2, 0) is 9.53 Å². The van der Waals surface area contributed by atoms with Crippen molar-refractivity contribution in [2.75, 3.05) is 17.3 Å². The van der Waals surface area contributed by atoms with Gasteiger partial charge in [-0.15, -0.1) is 0 Å². The second kappa shape index (κ2) is 6.42. The van der Waals surface area contributed by atoms with E-state index in [-0.39, 0.29) is 11.3 Å². The van der Waals surface area contributed by atoms with Crippen molar-refractivity contribution in [1.29, 1.82) is 0 Å². The number of amides is 1. The molecule has 0 radical (unpaired) electrons. The Labute approximate surface area is 148 Å². The van der Waals surface area contributed by atoms with E-state index in [1.54, 1.807) is 32.7 Å². The van der Waals surface area contributed by atoms with Crippen molar-refractivity contribution in [3.63, 3.8) is 0 Å². The molecule has 0 fully saturated rings. The number of allylic oxidation sites excluding steroid dienone is 3. The molecule has 24 heavy (non-hydrogen) atoms. The number of nitrogens with one attached hydrogen (secondary N) is 1. The van der Waals surface area contributed by atoms with E-state index in [9.17, 15) is 14.0 Å². The van der Waals surface area contributed by atoms with Gasteiger partial charge in [0.2, 0.25) is 0 Å². The van der Waals surface area contributed by atoms with Crippen LogP contribution in [0, 0.1) is 5.82 Å². The number of rotatable bonds is 1. The number of fused-ring (bicyclic) bond motifs is 1. The Bertz CT molecular complexity index is 790. The van der Waals surface area contributed by atoms with Gasteiger partial charge in [0, 0.05) is 18.3 Å². The molecule has 1 N–H and O–H groups in total. The zero-order chi connectivity index (χ0) is 18.2. The quantitative estimate of drug-likeness (QED) is 0.711. The van der Waals surface area contributed by atoms with Gasteiger partial charge in [-0.3, -0.25) is 5.32 Å². The van der Waals surface area contributed by atoms with Crippen molar-refractivity contribution in [3.05, 3.63) is 33.7 Å². The molecule has 1 amide bonds. The Kier molecular flexibility index (Phi) is 4.87. The number of hydrogen-bond acceptors (Lipinski definition) is 4. The lowest BCUT2D eigenvalue weighted by atomic mass is 9.98. The molecule has 1 aliphatic rings. The molecule has 0 unspecified atom stereocenters. The fraction of sp³-hybridized carbons (Fsp3) is 0.353. The zero-order valence-corrected chi connectivity index (χ0v) is 15.7. The number of carbonyl (C=O) groups is 1. The third-order valence-electron chi connectivity index (χ3n) is 3.49. The third kappa shape index (κ3) is 3.52. The first-order valence-electron chi connectivity index (χ1n) is 7.24. The van der Waals surface area contributed by atoms with Crippen LogP contribution < -0.4 is 10.2 Å². The average Bonchev–Trinajstić information content (AvgIpc) is 2.45. The maximum Gasteiger partial charge on any atom is 0.412 e. The molecule has 5 nitrogen and oxygen atoms in total. The van der Waals surface area contributed by atoms with Crippen molar-refractivity contribution in [1.82, 2.24) is 0 Å². The smallest absolute Gasteiger partial charge is 0.412 e. The number of anilines is 2. The minimum Gasteiger partial charge on any atom is -0.444 e. The Morgan fingerprint density at radius 1 is 1.38 bits per heavy atom. The Balaban J connectivity index is 2.45. The number of halogens is 2. The predicted molar refractivity (Wildman–Crippen MR) is 95.4 cm³/mol. The van der Waals surface area contributed by atoms with E-state index in [0.717, 1.165) is 5.70 Å². The summed E-state index contributed by atoms with van der Waals surface area (Å²) in [6.45, 7) is 6.97. The highest BCUT2D eigenvalue weighted by Gasteiger charge is 2.27. The lowest BCUT2D eigenvalue weighted by Crippen LogP contribution is -2.28. The fourth-order valence-corrected chi connectivity index (χ4v) is 2.84. The molecule has 2 rings (SSSR count). The maximum atomic E-state index is 14.4. The number of ether oxygens (including phenoxy) is 1. The van der Waals surface area contributed by atoms with Crippen molar-refractivity contribution in [2.45, 2.75) is 33.3 Å². The van der Waals surface area contributed by atoms with Gasteiger partial charge in [0.15, 0.2) is 0 Å². The number of hydrogen-bond donors (Lipinski definition) is 1. The van der Waals surface area contributed by atoms with Gasteiger partial charge in [0.1, 0.15) is 17.4 Å². The predicted octanol–water partition coefficient (Wildman–Crippen LogP) is 4.46. The van der Waals surface area contributed by atoms with Crippen LogP contribution in [0.2, 0.25) is 0 Å². The number of nitrogens with zero attached hydrogens (tertiary/aromatic N) is 1. The maximum absolute atomic E-state index is 14.4. The molecular formula is C17H18BrFN2O3. The van der Waals surface area contributed by atoms with Crippen LogP contribution >= 0.6 is 15.9 Å². The molecule has 0 bridgehead atoms. The van der Waals surface area contributed by atoms with Crippen LogP contribution in [0.4, 0.5) is 20.6 Å². The molecule has 0 saturated carbocycles. The van der Waals surface area contributed by atoms with Gasteiger partial charge in [-0.2, -0.15) is 0 Å². The lowest BCUT2D eigenvalue weighted by Gasteiger charge is -2.30. The van der Waals surface area contributed by atoms with E-state index in [1.807, 2.05) is 12.9 Å². The van der Waals surface area contributed by atoms with Crippen LogP contribution in [-0.4, -0.2) is 24.7 Å². The van der Waals surface area contributed by atoms with E-state index in [4.69, 9.17) is 4.74 Å². The first kappa shape index (κ1) is 18.2. The summed E-state index contributed by atoms with van der Waals surface area (Å²) in [6, 6.07) is 2.67. The van der Waals surface area contributed by atoms with Crippen molar-refractivity contribution < 1.29 is 18.7 Å². The van der Waals surface area contributed by atoms with E-state index >= 15 is 0 Å². The first-order valence-corrected chi connectivity index (χ1v) is 8.04. The highest BCUT2D eigenvalue weighted by molar-refractivity contribution is 9.12. The molecule has 1 aromatic carbocycles. The topological polar surface area (TPSA) is 58.6 Å². The van der Waals surface area contributed by atoms with E-state index < -0.39 is 17.5 Å². The largest absolute Gasteiger partial charge is 0.444 e. The summed E-state index contributed by atoms with van der Waals surface area (Å²) in [6.07, 6.45) is -0.751. The molecule has 128 valence electrons. The molecular weight excluding hydrogens is 379 g/mol. The normalized spacial score (nSPS) is 14.3. The standard InChI is InChI=1S/C17H18BrFN2O3/c1-9-15(18)11(8-22)10-6-12(19)13(7-14(10)21(9)5)20-16(23)24-17(2,3)4/h6-7H,1-5H3,(H,20,23). The summed E-state index contributed by atoms with van der Waals surface area (Å²) in [5.74, 6) is 1.17. The van der Waals surface area contributed by atoms with Crippen LogP contribution in [0.1, 0.15) is 33.3 Å². The third-order valence-corrected chi connectivity index (χ3v) is 4.46. The van der Waals surface area contributed by atoms with Crippen molar-refractivity contribution >= 4 is 44.9 Å². The minimum absolute atomic E-state index is 0.0223. The Hall–Kier alpha value is -2.11. The van der Waals surface area contributed by atoms with Crippen LogP contribution in [0.5, 0.6) is 0 Å². The van der Waals surface area contributed by atoms with Gasteiger partial charge in [-0.25, -0.2) is 14.0 Å². The second-order valence-electron chi connectivity index (χ2n) is 6.41. The van der Waals surface area contributed by atoms with Crippen molar-refractivity contribution in [3.8, 4) is 0 Å². The van der Waals surface area contributed by atoms with E-state index in [2.05, 4.69) is 21.2 Å². The summed E-state index contributed by atoms with van der Waals surface area (Å²) in [7, 11) is 1.78.